The summed E-state index contributed by atoms with van der Waals surface area (Å²) in [6.45, 7) is 0. The molecule has 1 aromatic carbocycles. The fraction of sp³-hybridized carbons (Fsp3) is 0.231. The zero-order chi connectivity index (χ0) is 13.7. The van der Waals surface area contributed by atoms with Crippen LogP contribution in [-0.4, -0.2) is 27.9 Å². The summed E-state index contributed by atoms with van der Waals surface area (Å²) in [4.78, 5) is 9.15. The Labute approximate surface area is 120 Å². The van der Waals surface area contributed by atoms with Gasteiger partial charge in [0.05, 0.1) is 7.11 Å². The second kappa shape index (κ2) is 6.75. The van der Waals surface area contributed by atoms with Crippen molar-refractivity contribution in [3.05, 3.63) is 47.4 Å². The Morgan fingerprint density at radius 2 is 1.95 bits per heavy atom. The molecule has 1 aromatic heterocycles. The minimum atomic E-state index is -0.732. The van der Waals surface area contributed by atoms with Crippen molar-refractivity contribution >= 4 is 23.4 Å². The number of rotatable bonds is 5. The Morgan fingerprint density at radius 1 is 1.26 bits per heavy atom. The van der Waals surface area contributed by atoms with Crippen LogP contribution >= 0.6 is 23.4 Å². The maximum Gasteiger partial charge on any atom is 0.238 e. The third kappa shape index (κ3) is 3.83. The molecule has 0 saturated heterocycles. The molecule has 0 aliphatic rings. The largest absolute Gasteiger partial charge is 0.480 e. The second-order valence-corrected chi connectivity index (χ2v) is 5.26. The highest BCUT2D eigenvalue weighted by atomic mass is 35.5. The first-order chi connectivity index (χ1) is 9.20. The van der Waals surface area contributed by atoms with Crippen molar-refractivity contribution in [3.63, 3.8) is 0 Å². The second-order valence-electron chi connectivity index (χ2n) is 3.73. The number of hydrogen-bond acceptors (Lipinski definition) is 5. The standard InChI is InChI=1S/C13H13ClN2O2S/c1-18-13-12(15-6-7-16-13)11(17)8-19-10-4-2-9(14)3-5-10/h2-7,11,17H,8H2,1H3. The molecule has 19 heavy (non-hydrogen) atoms. The average molecular weight is 297 g/mol. The van der Waals surface area contributed by atoms with E-state index in [2.05, 4.69) is 9.97 Å². The summed E-state index contributed by atoms with van der Waals surface area (Å²) in [6.07, 6.45) is 2.33. The number of nitrogens with zero attached hydrogens (tertiary/aromatic N) is 2. The molecular formula is C13H13ClN2O2S. The van der Waals surface area contributed by atoms with Crippen LogP contribution in [0.15, 0.2) is 41.6 Å². The molecule has 6 heteroatoms. The first-order valence-electron chi connectivity index (χ1n) is 5.62. The van der Waals surface area contributed by atoms with Crippen LogP contribution in [0.25, 0.3) is 0 Å². The van der Waals surface area contributed by atoms with E-state index in [1.165, 1.54) is 31.3 Å². The minimum Gasteiger partial charge on any atom is -0.480 e. The van der Waals surface area contributed by atoms with E-state index in [4.69, 9.17) is 16.3 Å². The van der Waals surface area contributed by atoms with E-state index in [9.17, 15) is 5.11 Å². The van der Waals surface area contributed by atoms with Crippen molar-refractivity contribution < 1.29 is 9.84 Å². The van der Waals surface area contributed by atoms with Crippen LogP contribution < -0.4 is 4.74 Å². The molecule has 1 heterocycles. The Morgan fingerprint density at radius 3 is 2.63 bits per heavy atom. The van der Waals surface area contributed by atoms with Crippen LogP contribution in [0.4, 0.5) is 0 Å². The van der Waals surface area contributed by atoms with Crippen LogP contribution in [-0.2, 0) is 0 Å². The molecule has 1 unspecified atom stereocenters. The third-order valence-corrected chi connectivity index (χ3v) is 3.76. The number of benzene rings is 1. The number of methoxy groups -OCH3 is 1. The number of aliphatic hydroxyl groups excluding tert-OH is 1. The van der Waals surface area contributed by atoms with E-state index in [1.807, 2.05) is 24.3 Å². The van der Waals surface area contributed by atoms with Crippen molar-refractivity contribution in [2.45, 2.75) is 11.0 Å². The quantitative estimate of drug-likeness (QED) is 0.860. The Bertz CT molecular complexity index is 536. The molecule has 1 atom stereocenters. The van der Waals surface area contributed by atoms with Gasteiger partial charge in [-0.1, -0.05) is 11.6 Å². The van der Waals surface area contributed by atoms with Crippen molar-refractivity contribution in [1.29, 1.82) is 0 Å². The molecule has 0 aliphatic carbocycles. The number of ether oxygens (including phenoxy) is 1. The van der Waals surface area contributed by atoms with Gasteiger partial charge in [0.25, 0.3) is 0 Å². The lowest BCUT2D eigenvalue weighted by molar-refractivity contribution is 0.192. The fourth-order valence-corrected chi connectivity index (χ4v) is 2.47. The van der Waals surface area contributed by atoms with Gasteiger partial charge < -0.3 is 9.84 Å². The number of thioether (sulfide) groups is 1. The number of aliphatic hydroxyl groups is 1. The Kier molecular flexibility index (Phi) is 5.01. The van der Waals surface area contributed by atoms with Gasteiger partial charge in [0.2, 0.25) is 5.88 Å². The maximum absolute atomic E-state index is 10.1. The van der Waals surface area contributed by atoms with Crippen LogP contribution in [0.5, 0.6) is 5.88 Å². The molecule has 0 aliphatic heterocycles. The van der Waals surface area contributed by atoms with Gasteiger partial charge in [-0.25, -0.2) is 4.98 Å². The molecule has 1 N–H and O–H groups in total. The van der Waals surface area contributed by atoms with Gasteiger partial charge in [0.1, 0.15) is 11.8 Å². The lowest BCUT2D eigenvalue weighted by Gasteiger charge is -2.12. The summed E-state index contributed by atoms with van der Waals surface area (Å²) in [7, 11) is 1.51. The summed E-state index contributed by atoms with van der Waals surface area (Å²) in [5.74, 6) is 0.822. The van der Waals surface area contributed by atoms with Crippen LogP contribution in [0.3, 0.4) is 0 Å². The molecule has 4 nitrogen and oxygen atoms in total. The fourth-order valence-electron chi connectivity index (χ4n) is 1.51. The average Bonchev–Trinajstić information content (AvgIpc) is 2.46. The van der Waals surface area contributed by atoms with E-state index in [0.717, 1.165) is 4.90 Å². The molecule has 100 valence electrons. The highest BCUT2D eigenvalue weighted by molar-refractivity contribution is 7.99. The number of halogens is 1. The predicted octanol–water partition coefficient (Wildman–Crippen LogP) is 2.96. The number of hydrogen-bond donors (Lipinski definition) is 1. The summed E-state index contributed by atoms with van der Waals surface area (Å²) < 4.78 is 5.07. The molecule has 2 aromatic rings. The SMILES string of the molecule is COc1nccnc1C(O)CSc1ccc(Cl)cc1. The van der Waals surface area contributed by atoms with Gasteiger partial charge in [-0.05, 0) is 24.3 Å². The molecular weight excluding hydrogens is 284 g/mol. The molecule has 0 amide bonds. The lowest BCUT2D eigenvalue weighted by Crippen LogP contribution is -2.06. The first kappa shape index (κ1) is 14.1. The summed E-state index contributed by atoms with van der Waals surface area (Å²) in [6, 6.07) is 7.46. The van der Waals surface area contributed by atoms with Crippen molar-refractivity contribution in [3.8, 4) is 5.88 Å². The first-order valence-corrected chi connectivity index (χ1v) is 6.98. The highest BCUT2D eigenvalue weighted by Gasteiger charge is 2.16. The zero-order valence-electron chi connectivity index (χ0n) is 10.3. The number of aromatic nitrogens is 2. The van der Waals surface area contributed by atoms with Crippen molar-refractivity contribution in [2.75, 3.05) is 12.9 Å². The van der Waals surface area contributed by atoms with E-state index >= 15 is 0 Å². The van der Waals surface area contributed by atoms with E-state index in [1.54, 1.807) is 0 Å². The van der Waals surface area contributed by atoms with Crippen LogP contribution in [0, 0.1) is 0 Å². The van der Waals surface area contributed by atoms with Gasteiger partial charge >= 0.3 is 0 Å². The zero-order valence-corrected chi connectivity index (χ0v) is 11.9. The van der Waals surface area contributed by atoms with Gasteiger partial charge in [-0.15, -0.1) is 11.8 Å². The van der Waals surface area contributed by atoms with Gasteiger partial charge in [0, 0.05) is 28.1 Å². The van der Waals surface area contributed by atoms with Gasteiger partial charge in [-0.2, -0.15) is 0 Å². The van der Waals surface area contributed by atoms with Crippen molar-refractivity contribution in [1.82, 2.24) is 9.97 Å². The summed E-state index contributed by atoms with van der Waals surface area (Å²) >= 11 is 7.34. The van der Waals surface area contributed by atoms with Gasteiger partial charge in [-0.3, -0.25) is 4.98 Å². The van der Waals surface area contributed by atoms with Crippen molar-refractivity contribution in [2.24, 2.45) is 0 Å². The van der Waals surface area contributed by atoms with Crippen LogP contribution in [0.2, 0.25) is 5.02 Å². The van der Waals surface area contributed by atoms with E-state index < -0.39 is 6.10 Å². The van der Waals surface area contributed by atoms with E-state index in [-0.39, 0.29) is 0 Å². The Balaban J connectivity index is 2.01. The molecule has 0 radical (unpaired) electrons. The highest BCUT2D eigenvalue weighted by Crippen LogP contribution is 2.27. The predicted molar refractivity (Wildman–Crippen MR) is 75.7 cm³/mol. The molecule has 2 rings (SSSR count). The smallest absolute Gasteiger partial charge is 0.238 e. The topological polar surface area (TPSA) is 55.2 Å². The monoisotopic (exact) mass is 296 g/mol. The molecule has 0 fully saturated rings. The normalized spacial score (nSPS) is 12.2. The van der Waals surface area contributed by atoms with Crippen LogP contribution in [0.1, 0.15) is 11.8 Å². The molecule has 0 bridgehead atoms. The maximum atomic E-state index is 10.1. The molecule has 0 saturated carbocycles. The Hall–Kier alpha value is -1.30. The van der Waals surface area contributed by atoms with E-state index in [0.29, 0.717) is 22.3 Å². The molecule has 0 spiro atoms. The van der Waals surface area contributed by atoms with Gasteiger partial charge in [0.15, 0.2) is 0 Å². The minimum absolute atomic E-state index is 0.353. The lowest BCUT2D eigenvalue weighted by atomic mass is 10.3. The summed E-state index contributed by atoms with van der Waals surface area (Å²) in [5.41, 5.74) is 0.450. The third-order valence-electron chi connectivity index (χ3n) is 2.42. The summed E-state index contributed by atoms with van der Waals surface area (Å²) in [5, 5.41) is 10.8.